The fourth-order valence-electron chi connectivity index (χ4n) is 2.11. The molecule has 2 rings (SSSR count). The summed E-state index contributed by atoms with van der Waals surface area (Å²) in [6.07, 6.45) is 11.8. The zero-order chi connectivity index (χ0) is 18.8. The third kappa shape index (κ3) is 5.47. The Balaban J connectivity index is 1.86. The molecule has 6 heteroatoms. The van der Waals surface area contributed by atoms with Gasteiger partial charge in [0.05, 0.1) is 12.8 Å². The molecule has 0 atom stereocenters. The molecule has 0 bridgehead atoms. The smallest absolute Gasteiger partial charge is 0.259 e. The molecule has 0 heterocycles. The maximum atomic E-state index is 11.9. The second-order valence-electron chi connectivity index (χ2n) is 5.31. The molecule has 0 fully saturated rings. The number of para-hydroxylation sites is 1. The number of carbonyl (C=O) groups excluding carboxylic acids is 2. The van der Waals surface area contributed by atoms with Gasteiger partial charge in [0.15, 0.2) is 0 Å². The first-order valence-corrected chi connectivity index (χ1v) is 7.93. The summed E-state index contributed by atoms with van der Waals surface area (Å²) in [5.74, 6) is -0.779. The van der Waals surface area contributed by atoms with Crippen molar-refractivity contribution < 1.29 is 14.7 Å². The van der Waals surface area contributed by atoms with Gasteiger partial charge in [-0.2, -0.15) is 5.10 Å². The Labute approximate surface area is 151 Å². The maximum absolute atomic E-state index is 11.9. The minimum absolute atomic E-state index is 0.0897. The highest BCUT2D eigenvalue weighted by atomic mass is 16.3. The SMILES string of the molecule is C=CCc1cccc(C=NNC(=O)CNC(=O)C2=CC=CC=C=C2)c1O. The van der Waals surface area contributed by atoms with Crippen LogP contribution in [0.15, 0.2) is 77.6 Å². The lowest BCUT2D eigenvalue weighted by Crippen LogP contribution is -2.35. The molecule has 2 amide bonds. The van der Waals surface area contributed by atoms with E-state index in [0.717, 1.165) is 5.56 Å². The summed E-state index contributed by atoms with van der Waals surface area (Å²) in [5.41, 5.74) is 6.71. The molecule has 26 heavy (non-hydrogen) atoms. The molecule has 0 saturated heterocycles. The molecule has 0 spiro atoms. The predicted octanol–water partition coefficient (Wildman–Crippen LogP) is 1.89. The summed E-state index contributed by atoms with van der Waals surface area (Å²) < 4.78 is 0. The maximum Gasteiger partial charge on any atom is 0.259 e. The number of amides is 2. The fraction of sp³-hybridized carbons (Fsp3) is 0.100. The van der Waals surface area contributed by atoms with Crippen LogP contribution >= 0.6 is 0 Å². The molecule has 132 valence electrons. The van der Waals surface area contributed by atoms with Crippen LogP contribution in [-0.2, 0) is 16.0 Å². The number of hydrogen-bond donors (Lipinski definition) is 3. The summed E-state index contributed by atoms with van der Waals surface area (Å²) in [7, 11) is 0. The molecule has 1 aromatic rings. The van der Waals surface area contributed by atoms with Crippen molar-refractivity contribution in [2.75, 3.05) is 6.54 Å². The number of hydrazone groups is 1. The molecule has 0 saturated carbocycles. The zero-order valence-electron chi connectivity index (χ0n) is 14.1. The van der Waals surface area contributed by atoms with Gasteiger partial charge < -0.3 is 10.4 Å². The van der Waals surface area contributed by atoms with Crippen molar-refractivity contribution >= 4 is 18.0 Å². The van der Waals surface area contributed by atoms with E-state index in [9.17, 15) is 14.7 Å². The minimum atomic E-state index is -0.486. The van der Waals surface area contributed by atoms with Crippen LogP contribution in [0.1, 0.15) is 11.1 Å². The molecule has 1 aromatic carbocycles. The first-order chi connectivity index (χ1) is 12.6. The number of carbonyl (C=O) groups is 2. The number of allylic oxidation sites excluding steroid dienone is 4. The Morgan fingerprint density at radius 1 is 1.31 bits per heavy atom. The average molecular weight is 349 g/mol. The summed E-state index contributed by atoms with van der Waals surface area (Å²) in [6, 6.07) is 5.23. The van der Waals surface area contributed by atoms with Gasteiger partial charge in [-0.3, -0.25) is 9.59 Å². The largest absolute Gasteiger partial charge is 0.507 e. The van der Waals surface area contributed by atoms with Gasteiger partial charge in [0, 0.05) is 11.1 Å². The number of nitrogens with zero attached hydrogens (tertiary/aromatic N) is 1. The van der Waals surface area contributed by atoms with E-state index >= 15 is 0 Å². The van der Waals surface area contributed by atoms with Gasteiger partial charge in [0.25, 0.3) is 11.8 Å². The van der Waals surface area contributed by atoms with Crippen LogP contribution in [0, 0.1) is 0 Å². The van der Waals surface area contributed by atoms with E-state index in [4.69, 9.17) is 0 Å². The molecular formula is C20H19N3O3. The third-order valence-electron chi connectivity index (χ3n) is 3.40. The van der Waals surface area contributed by atoms with Crippen LogP contribution in [0.5, 0.6) is 5.75 Å². The molecule has 0 unspecified atom stereocenters. The van der Waals surface area contributed by atoms with E-state index in [1.54, 1.807) is 48.6 Å². The Hall–Kier alpha value is -3.63. The molecule has 0 aliphatic heterocycles. The lowest BCUT2D eigenvalue weighted by Gasteiger charge is -2.05. The van der Waals surface area contributed by atoms with Gasteiger partial charge >= 0.3 is 0 Å². The van der Waals surface area contributed by atoms with Gasteiger partial charge in [-0.1, -0.05) is 30.4 Å². The standard InChI is InChI=1S/C20H19N3O3/c1-2-8-15-11-7-12-17(19(15)25)13-22-23-18(24)14-21-20(26)16-9-5-3-4-6-10-16/h2-5,7,9-13,25H,1,8,14H2,(H,21,26)(H,23,24). The summed E-state index contributed by atoms with van der Waals surface area (Å²) in [5, 5.41) is 16.4. The van der Waals surface area contributed by atoms with Gasteiger partial charge in [-0.05, 0) is 36.3 Å². The Morgan fingerprint density at radius 3 is 2.96 bits per heavy atom. The Morgan fingerprint density at radius 2 is 2.15 bits per heavy atom. The average Bonchev–Trinajstić information content (AvgIpc) is 2.92. The summed E-state index contributed by atoms with van der Waals surface area (Å²) in [6.45, 7) is 3.41. The molecule has 0 radical (unpaired) electrons. The summed E-state index contributed by atoms with van der Waals surface area (Å²) in [4.78, 5) is 23.7. The van der Waals surface area contributed by atoms with E-state index in [0.29, 0.717) is 17.6 Å². The number of phenols is 1. The summed E-state index contributed by atoms with van der Waals surface area (Å²) >= 11 is 0. The second-order valence-corrected chi connectivity index (χ2v) is 5.31. The fourth-order valence-corrected chi connectivity index (χ4v) is 2.11. The lowest BCUT2D eigenvalue weighted by atomic mass is 10.1. The molecule has 6 nitrogen and oxygen atoms in total. The van der Waals surface area contributed by atoms with Gasteiger partial charge in [-0.15, -0.1) is 12.3 Å². The van der Waals surface area contributed by atoms with E-state index in [-0.39, 0.29) is 18.2 Å². The highest BCUT2D eigenvalue weighted by molar-refractivity contribution is 5.98. The third-order valence-corrected chi connectivity index (χ3v) is 3.40. The number of benzene rings is 1. The highest BCUT2D eigenvalue weighted by Crippen LogP contribution is 2.21. The monoisotopic (exact) mass is 349 g/mol. The van der Waals surface area contributed by atoms with Crippen molar-refractivity contribution in [1.82, 2.24) is 10.7 Å². The van der Waals surface area contributed by atoms with Crippen LogP contribution in [0.25, 0.3) is 0 Å². The quantitative estimate of drug-likeness (QED) is 0.304. The van der Waals surface area contributed by atoms with Gasteiger partial charge in [0.2, 0.25) is 0 Å². The zero-order valence-corrected chi connectivity index (χ0v) is 14.1. The van der Waals surface area contributed by atoms with Crippen LogP contribution < -0.4 is 10.7 Å². The second kappa shape index (κ2) is 9.61. The number of hydrogen-bond acceptors (Lipinski definition) is 4. The van der Waals surface area contributed by atoms with Gasteiger partial charge in [0.1, 0.15) is 5.75 Å². The predicted molar refractivity (Wildman–Crippen MR) is 101 cm³/mol. The Bertz CT molecular complexity index is 857. The van der Waals surface area contributed by atoms with Crippen molar-refractivity contribution in [2.24, 2.45) is 5.10 Å². The molecular weight excluding hydrogens is 330 g/mol. The van der Waals surface area contributed by atoms with E-state index < -0.39 is 5.91 Å². The van der Waals surface area contributed by atoms with E-state index in [1.165, 1.54) is 12.3 Å². The van der Waals surface area contributed by atoms with E-state index in [1.807, 2.05) is 0 Å². The first-order valence-electron chi connectivity index (χ1n) is 7.93. The number of rotatable bonds is 7. The molecule has 3 N–H and O–H groups in total. The van der Waals surface area contributed by atoms with Gasteiger partial charge in [-0.25, -0.2) is 5.43 Å². The Kier molecular flexibility index (Phi) is 6.92. The van der Waals surface area contributed by atoms with Crippen LogP contribution in [0.3, 0.4) is 0 Å². The van der Waals surface area contributed by atoms with Crippen LogP contribution in [0.2, 0.25) is 0 Å². The van der Waals surface area contributed by atoms with Crippen molar-refractivity contribution in [3.05, 3.63) is 83.7 Å². The number of aromatic hydroxyl groups is 1. The molecule has 0 aromatic heterocycles. The molecule has 1 aliphatic rings. The van der Waals surface area contributed by atoms with Crippen LogP contribution in [-0.4, -0.2) is 29.7 Å². The molecule has 1 aliphatic carbocycles. The van der Waals surface area contributed by atoms with Crippen molar-refractivity contribution in [3.8, 4) is 5.75 Å². The first kappa shape index (κ1) is 18.7. The number of nitrogens with one attached hydrogen (secondary N) is 2. The van der Waals surface area contributed by atoms with Crippen molar-refractivity contribution in [3.63, 3.8) is 0 Å². The van der Waals surface area contributed by atoms with Crippen molar-refractivity contribution in [1.29, 1.82) is 0 Å². The van der Waals surface area contributed by atoms with Crippen LogP contribution in [0.4, 0.5) is 0 Å². The van der Waals surface area contributed by atoms with E-state index in [2.05, 4.69) is 28.2 Å². The lowest BCUT2D eigenvalue weighted by molar-refractivity contribution is -0.124. The normalized spacial score (nSPS) is 12.5. The highest BCUT2D eigenvalue weighted by Gasteiger charge is 2.08. The minimum Gasteiger partial charge on any atom is -0.507 e. The van der Waals surface area contributed by atoms with Crippen molar-refractivity contribution in [2.45, 2.75) is 6.42 Å². The number of phenolic OH excluding ortho intramolecular Hbond substituents is 1. The topological polar surface area (TPSA) is 90.8 Å².